The van der Waals surface area contributed by atoms with Crippen LogP contribution in [0.4, 0.5) is 5.69 Å². The molecule has 37 heavy (non-hydrogen) atoms. The normalized spacial score (nSPS) is 17.6. The van der Waals surface area contributed by atoms with Gasteiger partial charge in [0.1, 0.15) is 11.8 Å². The summed E-state index contributed by atoms with van der Waals surface area (Å²) in [5.41, 5.74) is 1.37. The Morgan fingerprint density at radius 3 is 2.32 bits per heavy atom. The first-order valence-corrected chi connectivity index (χ1v) is 14.3. The topological polar surface area (TPSA) is 94.0 Å². The van der Waals surface area contributed by atoms with Crippen LogP contribution in [-0.2, 0) is 20.5 Å². The molecule has 2 aliphatic heterocycles. The van der Waals surface area contributed by atoms with E-state index >= 15 is 0 Å². The number of hydrogen-bond acceptors (Lipinski definition) is 7. The van der Waals surface area contributed by atoms with Crippen molar-refractivity contribution in [3.8, 4) is 11.4 Å². The summed E-state index contributed by atoms with van der Waals surface area (Å²) in [5, 5.41) is 4.81. The van der Waals surface area contributed by atoms with E-state index in [1.807, 2.05) is 35.2 Å². The maximum absolute atomic E-state index is 13.6. The Bertz CT molecular complexity index is 1390. The fraction of sp³-hybridized carbons (Fsp3) is 0.385. The summed E-state index contributed by atoms with van der Waals surface area (Å²) in [6.45, 7) is 2.58. The molecule has 0 aliphatic carbocycles. The van der Waals surface area contributed by atoms with Gasteiger partial charge in [-0.2, -0.15) is 14.1 Å². The molecule has 11 heteroatoms. The standard InChI is InChI=1S/C26H29ClN4O5S/c27-22-8-4-5-9-23(22)31-26(32)25(36-21-10-16-35-17-11-21)24(18-28-31)29-12-14-30(15-13-29)37(33,34)19-20-6-2-1-3-7-20/h1-9,18,21H,10-17,19H2. The van der Waals surface area contributed by atoms with Gasteiger partial charge < -0.3 is 14.4 Å². The van der Waals surface area contributed by atoms with Crippen molar-refractivity contribution >= 4 is 27.3 Å². The molecule has 1 aromatic heterocycles. The number of aromatic nitrogens is 2. The lowest BCUT2D eigenvalue weighted by Crippen LogP contribution is -2.49. The lowest BCUT2D eigenvalue weighted by atomic mass is 10.1. The second kappa shape index (κ2) is 11.2. The van der Waals surface area contributed by atoms with Gasteiger partial charge in [-0.15, -0.1) is 0 Å². The van der Waals surface area contributed by atoms with Crippen LogP contribution in [0, 0.1) is 0 Å². The highest BCUT2D eigenvalue weighted by molar-refractivity contribution is 7.88. The predicted molar refractivity (Wildman–Crippen MR) is 142 cm³/mol. The SMILES string of the molecule is O=c1c(OC2CCOCC2)c(N2CCN(S(=O)(=O)Cc3ccccc3)CC2)cnn1-c1ccccc1Cl. The van der Waals surface area contributed by atoms with Gasteiger partial charge in [-0.3, -0.25) is 4.79 Å². The van der Waals surface area contributed by atoms with Crippen LogP contribution in [-0.4, -0.2) is 68.0 Å². The number of ether oxygens (including phenoxy) is 2. The third-order valence-corrected chi connectivity index (χ3v) is 8.78. The molecular formula is C26H29ClN4O5S. The van der Waals surface area contributed by atoms with Gasteiger partial charge >= 0.3 is 5.56 Å². The molecule has 0 unspecified atom stereocenters. The molecule has 0 saturated carbocycles. The predicted octanol–water partition coefficient (Wildman–Crippen LogP) is 3.10. The second-order valence-electron chi connectivity index (χ2n) is 9.08. The van der Waals surface area contributed by atoms with E-state index in [-0.39, 0.29) is 17.6 Å². The van der Waals surface area contributed by atoms with Gasteiger partial charge in [0.2, 0.25) is 15.8 Å². The van der Waals surface area contributed by atoms with Crippen molar-refractivity contribution in [2.75, 3.05) is 44.3 Å². The Labute approximate surface area is 221 Å². The zero-order valence-corrected chi connectivity index (χ0v) is 21.9. The third-order valence-electron chi connectivity index (χ3n) is 6.61. The number of benzene rings is 2. The van der Waals surface area contributed by atoms with E-state index in [0.29, 0.717) is 68.6 Å². The number of nitrogens with zero attached hydrogens (tertiary/aromatic N) is 4. The van der Waals surface area contributed by atoms with E-state index in [4.69, 9.17) is 21.1 Å². The molecule has 3 aromatic rings. The third kappa shape index (κ3) is 5.82. The van der Waals surface area contributed by atoms with Crippen molar-refractivity contribution in [2.24, 2.45) is 0 Å². The molecule has 0 spiro atoms. The van der Waals surface area contributed by atoms with E-state index in [9.17, 15) is 13.2 Å². The molecule has 0 N–H and O–H groups in total. The van der Waals surface area contributed by atoms with E-state index in [1.54, 1.807) is 30.5 Å². The van der Waals surface area contributed by atoms with Gasteiger partial charge in [0, 0.05) is 39.0 Å². The highest BCUT2D eigenvalue weighted by Gasteiger charge is 2.30. The lowest BCUT2D eigenvalue weighted by molar-refractivity contribution is 0.0249. The van der Waals surface area contributed by atoms with Gasteiger partial charge in [-0.05, 0) is 17.7 Å². The van der Waals surface area contributed by atoms with Crippen LogP contribution in [0.2, 0.25) is 5.02 Å². The summed E-state index contributed by atoms with van der Waals surface area (Å²) >= 11 is 6.35. The number of para-hydroxylation sites is 1. The number of anilines is 1. The summed E-state index contributed by atoms with van der Waals surface area (Å²) in [7, 11) is -3.47. The van der Waals surface area contributed by atoms with Crippen LogP contribution in [0.3, 0.4) is 0 Å². The van der Waals surface area contributed by atoms with Crippen LogP contribution in [0.5, 0.6) is 5.75 Å². The maximum Gasteiger partial charge on any atom is 0.316 e. The summed E-state index contributed by atoms with van der Waals surface area (Å²) in [6, 6.07) is 16.2. The molecule has 3 heterocycles. The Hall–Kier alpha value is -2.92. The maximum atomic E-state index is 13.6. The fourth-order valence-corrected chi connectivity index (χ4v) is 6.34. The van der Waals surface area contributed by atoms with Gasteiger partial charge in [-0.25, -0.2) is 8.42 Å². The Balaban J connectivity index is 1.40. The average Bonchev–Trinajstić information content (AvgIpc) is 2.91. The fourth-order valence-electron chi connectivity index (χ4n) is 4.60. The minimum atomic E-state index is -3.47. The first-order chi connectivity index (χ1) is 17.9. The zero-order valence-electron chi connectivity index (χ0n) is 20.3. The molecule has 5 rings (SSSR count). The van der Waals surface area contributed by atoms with Gasteiger partial charge in [0.25, 0.3) is 0 Å². The number of halogens is 1. The van der Waals surface area contributed by atoms with Crippen molar-refractivity contribution in [3.05, 3.63) is 81.7 Å². The Morgan fingerprint density at radius 1 is 0.946 bits per heavy atom. The highest BCUT2D eigenvalue weighted by Crippen LogP contribution is 2.29. The van der Waals surface area contributed by atoms with Gasteiger partial charge in [-0.1, -0.05) is 54.1 Å². The van der Waals surface area contributed by atoms with E-state index < -0.39 is 15.6 Å². The summed E-state index contributed by atoms with van der Waals surface area (Å²) in [4.78, 5) is 15.6. The summed E-state index contributed by atoms with van der Waals surface area (Å²) < 4.78 is 40.5. The average molecular weight is 545 g/mol. The van der Waals surface area contributed by atoms with Crippen molar-refractivity contribution in [1.29, 1.82) is 0 Å². The largest absolute Gasteiger partial charge is 0.483 e. The number of sulfonamides is 1. The summed E-state index contributed by atoms with van der Waals surface area (Å²) in [6.07, 6.45) is 2.81. The van der Waals surface area contributed by atoms with Crippen molar-refractivity contribution in [3.63, 3.8) is 0 Å². The van der Waals surface area contributed by atoms with Crippen LogP contribution < -0.4 is 15.2 Å². The van der Waals surface area contributed by atoms with Gasteiger partial charge in [0.15, 0.2) is 0 Å². The molecule has 0 atom stereocenters. The minimum Gasteiger partial charge on any atom is -0.483 e. The molecule has 2 aromatic carbocycles. The van der Waals surface area contributed by atoms with E-state index in [0.717, 1.165) is 5.56 Å². The molecule has 2 aliphatic rings. The second-order valence-corrected chi connectivity index (χ2v) is 11.5. The van der Waals surface area contributed by atoms with E-state index in [1.165, 1.54) is 8.99 Å². The molecule has 9 nitrogen and oxygen atoms in total. The molecule has 0 bridgehead atoms. The number of rotatable bonds is 7. The molecular weight excluding hydrogens is 516 g/mol. The van der Waals surface area contributed by atoms with Crippen LogP contribution >= 0.6 is 11.6 Å². The number of hydrogen-bond donors (Lipinski definition) is 0. The smallest absolute Gasteiger partial charge is 0.316 e. The van der Waals surface area contributed by atoms with Crippen LogP contribution in [0.1, 0.15) is 18.4 Å². The Kier molecular flexibility index (Phi) is 7.80. The highest BCUT2D eigenvalue weighted by atomic mass is 35.5. The first-order valence-electron chi connectivity index (χ1n) is 12.3. The van der Waals surface area contributed by atoms with Crippen molar-refractivity contribution < 1.29 is 17.9 Å². The van der Waals surface area contributed by atoms with Crippen molar-refractivity contribution in [2.45, 2.75) is 24.7 Å². The Morgan fingerprint density at radius 2 is 1.62 bits per heavy atom. The number of piperazine rings is 1. The van der Waals surface area contributed by atoms with Crippen molar-refractivity contribution in [1.82, 2.24) is 14.1 Å². The van der Waals surface area contributed by atoms with E-state index in [2.05, 4.69) is 5.10 Å². The lowest BCUT2D eigenvalue weighted by Gasteiger charge is -2.36. The molecule has 2 saturated heterocycles. The summed E-state index contributed by atoms with van der Waals surface area (Å²) in [5.74, 6) is 0.156. The molecule has 0 amide bonds. The molecule has 0 radical (unpaired) electrons. The van der Waals surface area contributed by atoms with Crippen LogP contribution in [0.15, 0.2) is 65.6 Å². The monoisotopic (exact) mass is 544 g/mol. The van der Waals surface area contributed by atoms with Gasteiger partial charge in [0.05, 0.1) is 35.9 Å². The minimum absolute atomic E-state index is 0.0403. The first kappa shape index (κ1) is 25.7. The molecule has 196 valence electrons. The van der Waals surface area contributed by atoms with Crippen LogP contribution in [0.25, 0.3) is 5.69 Å². The molecule has 2 fully saturated rings. The quantitative estimate of drug-likeness (QED) is 0.451. The zero-order chi connectivity index (χ0) is 25.8.